The van der Waals surface area contributed by atoms with E-state index in [4.69, 9.17) is 4.98 Å². The van der Waals surface area contributed by atoms with Crippen molar-refractivity contribution in [2.24, 2.45) is 0 Å². The minimum atomic E-state index is -0.261. The number of aryl methyl sites for hydroxylation is 1. The van der Waals surface area contributed by atoms with Crippen LogP contribution < -0.4 is 5.56 Å². The van der Waals surface area contributed by atoms with Gasteiger partial charge in [-0.2, -0.15) is 0 Å². The Morgan fingerprint density at radius 2 is 2.00 bits per heavy atom. The van der Waals surface area contributed by atoms with Crippen molar-refractivity contribution in [3.05, 3.63) is 45.7 Å². The van der Waals surface area contributed by atoms with Crippen molar-refractivity contribution in [1.82, 2.24) is 19.2 Å². The standard InChI is InChI=1S/C20H24N4OS/c1-6-23-18-21-16-14-10-8-7-9-13(14)11-20(4,5)15(16)17(25)24(18)19(22-23)26-12(2)3/h7-10,12H,6,11H2,1-5H3. The number of rotatable bonds is 3. The van der Waals surface area contributed by atoms with E-state index < -0.39 is 0 Å². The summed E-state index contributed by atoms with van der Waals surface area (Å²) in [5, 5.41) is 5.74. The van der Waals surface area contributed by atoms with E-state index >= 15 is 0 Å². The minimum absolute atomic E-state index is 0.0207. The molecule has 6 heteroatoms. The van der Waals surface area contributed by atoms with Crippen LogP contribution in [-0.4, -0.2) is 24.4 Å². The highest BCUT2D eigenvalue weighted by Gasteiger charge is 2.36. The van der Waals surface area contributed by atoms with Gasteiger partial charge in [-0.15, -0.1) is 5.10 Å². The molecule has 1 aliphatic rings. The molecule has 3 aromatic rings. The van der Waals surface area contributed by atoms with Crippen molar-refractivity contribution in [3.63, 3.8) is 0 Å². The summed E-state index contributed by atoms with van der Waals surface area (Å²) in [6, 6.07) is 8.28. The topological polar surface area (TPSA) is 52.2 Å². The normalized spacial score (nSPS) is 15.3. The van der Waals surface area contributed by atoms with Crippen molar-refractivity contribution in [2.75, 3.05) is 0 Å². The second-order valence-corrected chi connectivity index (χ2v) is 9.30. The highest BCUT2D eigenvalue weighted by Crippen LogP contribution is 2.40. The fraction of sp³-hybridized carbons (Fsp3) is 0.450. The maximum Gasteiger partial charge on any atom is 0.265 e. The van der Waals surface area contributed by atoms with E-state index in [-0.39, 0.29) is 11.0 Å². The molecule has 5 nitrogen and oxygen atoms in total. The van der Waals surface area contributed by atoms with E-state index in [0.29, 0.717) is 17.6 Å². The smallest absolute Gasteiger partial charge is 0.265 e. The van der Waals surface area contributed by atoms with Crippen LogP contribution in [0, 0.1) is 0 Å². The van der Waals surface area contributed by atoms with E-state index in [9.17, 15) is 4.79 Å². The monoisotopic (exact) mass is 368 g/mol. The third-order valence-electron chi connectivity index (χ3n) is 4.92. The molecule has 0 saturated carbocycles. The van der Waals surface area contributed by atoms with Crippen LogP contribution in [0.25, 0.3) is 17.0 Å². The number of benzene rings is 1. The van der Waals surface area contributed by atoms with Crippen molar-refractivity contribution in [3.8, 4) is 11.3 Å². The molecular weight excluding hydrogens is 344 g/mol. The molecule has 0 bridgehead atoms. The van der Waals surface area contributed by atoms with Gasteiger partial charge in [-0.1, -0.05) is 63.7 Å². The first-order valence-corrected chi connectivity index (χ1v) is 10.0. The van der Waals surface area contributed by atoms with Gasteiger partial charge in [0.25, 0.3) is 5.56 Å². The van der Waals surface area contributed by atoms with Crippen LogP contribution in [0.2, 0.25) is 0 Å². The van der Waals surface area contributed by atoms with Gasteiger partial charge in [-0.3, -0.25) is 4.79 Å². The molecule has 0 atom stereocenters. The van der Waals surface area contributed by atoms with Gasteiger partial charge in [0, 0.05) is 22.8 Å². The second-order valence-electron chi connectivity index (χ2n) is 7.76. The second kappa shape index (κ2) is 5.98. The van der Waals surface area contributed by atoms with Crippen LogP contribution in [0.1, 0.15) is 45.7 Å². The summed E-state index contributed by atoms with van der Waals surface area (Å²) < 4.78 is 3.54. The van der Waals surface area contributed by atoms with E-state index in [0.717, 1.165) is 28.4 Å². The summed E-state index contributed by atoms with van der Waals surface area (Å²) in [5.74, 6) is 0.631. The van der Waals surface area contributed by atoms with Crippen LogP contribution in [0.3, 0.4) is 0 Å². The fourth-order valence-electron chi connectivity index (χ4n) is 3.82. The van der Waals surface area contributed by atoms with Crippen LogP contribution in [0.4, 0.5) is 0 Å². The summed E-state index contributed by atoms with van der Waals surface area (Å²) in [7, 11) is 0. The first-order valence-electron chi connectivity index (χ1n) is 9.12. The molecule has 0 saturated heterocycles. The maximum absolute atomic E-state index is 13.6. The molecule has 0 aliphatic heterocycles. The van der Waals surface area contributed by atoms with Crippen molar-refractivity contribution < 1.29 is 0 Å². The average molecular weight is 369 g/mol. The molecule has 0 fully saturated rings. The van der Waals surface area contributed by atoms with Crippen LogP contribution >= 0.6 is 11.8 Å². The zero-order valence-electron chi connectivity index (χ0n) is 15.9. The van der Waals surface area contributed by atoms with Gasteiger partial charge >= 0.3 is 0 Å². The molecule has 2 aromatic heterocycles. The van der Waals surface area contributed by atoms with Crippen molar-refractivity contribution in [1.29, 1.82) is 0 Å². The largest absolute Gasteiger partial charge is 0.268 e. The molecule has 1 aliphatic carbocycles. The molecule has 0 amide bonds. The Hall–Kier alpha value is -2.08. The number of nitrogens with zero attached hydrogens (tertiary/aromatic N) is 4. The van der Waals surface area contributed by atoms with E-state index in [1.54, 1.807) is 16.2 Å². The average Bonchev–Trinajstić information content (AvgIpc) is 2.91. The number of fused-ring (bicyclic) bond motifs is 4. The predicted molar refractivity (Wildman–Crippen MR) is 106 cm³/mol. The Bertz CT molecular complexity index is 1060. The Balaban J connectivity index is 2.12. The number of thioether (sulfide) groups is 1. The van der Waals surface area contributed by atoms with Gasteiger partial charge in [0.1, 0.15) is 0 Å². The van der Waals surface area contributed by atoms with E-state index in [1.807, 2.05) is 17.7 Å². The number of hydrogen-bond donors (Lipinski definition) is 0. The molecule has 0 N–H and O–H groups in total. The molecule has 2 heterocycles. The summed E-state index contributed by atoms with van der Waals surface area (Å²) >= 11 is 1.61. The maximum atomic E-state index is 13.6. The fourth-order valence-corrected chi connectivity index (χ4v) is 4.66. The van der Waals surface area contributed by atoms with Gasteiger partial charge < -0.3 is 0 Å². The Morgan fingerprint density at radius 3 is 2.69 bits per heavy atom. The number of aromatic nitrogens is 4. The third-order valence-corrected chi connectivity index (χ3v) is 5.86. The van der Waals surface area contributed by atoms with Crippen LogP contribution in [0.5, 0.6) is 0 Å². The lowest BCUT2D eigenvalue weighted by Gasteiger charge is -2.32. The minimum Gasteiger partial charge on any atom is -0.268 e. The quantitative estimate of drug-likeness (QED) is 0.658. The highest BCUT2D eigenvalue weighted by molar-refractivity contribution is 7.99. The SMILES string of the molecule is CCn1nc(SC(C)C)n2c(=O)c3c(nc12)-c1ccccc1CC3(C)C. The first kappa shape index (κ1) is 17.3. The summed E-state index contributed by atoms with van der Waals surface area (Å²) in [4.78, 5) is 18.5. The van der Waals surface area contributed by atoms with E-state index in [2.05, 4.69) is 51.0 Å². The molecular formula is C20H24N4OS. The molecule has 4 rings (SSSR count). The summed E-state index contributed by atoms with van der Waals surface area (Å²) in [6.07, 6.45) is 0.841. The molecule has 0 unspecified atom stereocenters. The molecule has 136 valence electrons. The predicted octanol–water partition coefficient (Wildman–Crippen LogP) is 3.91. The van der Waals surface area contributed by atoms with Gasteiger partial charge in [0.2, 0.25) is 5.78 Å². The highest BCUT2D eigenvalue weighted by atomic mass is 32.2. The Kier molecular flexibility index (Phi) is 3.99. The molecule has 0 radical (unpaired) electrons. The zero-order valence-corrected chi connectivity index (χ0v) is 16.7. The first-order chi connectivity index (χ1) is 12.3. The number of hydrogen-bond acceptors (Lipinski definition) is 4. The zero-order chi connectivity index (χ0) is 18.6. The van der Waals surface area contributed by atoms with Crippen molar-refractivity contribution in [2.45, 2.75) is 63.4 Å². The van der Waals surface area contributed by atoms with Gasteiger partial charge in [-0.05, 0) is 18.9 Å². The van der Waals surface area contributed by atoms with Gasteiger partial charge in [0.15, 0.2) is 5.16 Å². The summed E-state index contributed by atoms with van der Waals surface area (Å²) in [5.41, 5.74) is 3.70. The summed E-state index contributed by atoms with van der Waals surface area (Å²) in [6.45, 7) is 11.2. The molecule has 26 heavy (non-hydrogen) atoms. The lowest BCUT2D eigenvalue weighted by molar-refractivity contribution is 0.505. The Labute approximate surface area is 157 Å². The molecule has 1 aromatic carbocycles. The lowest BCUT2D eigenvalue weighted by atomic mass is 9.72. The Morgan fingerprint density at radius 1 is 1.27 bits per heavy atom. The van der Waals surface area contributed by atoms with Crippen molar-refractivity contribution >= 4 is 17.5 Å². The molecule has 0 spiro atoms. The van der Waals surface area contributed by atoms with Crippen LogP contribution in [-0.2, 0) is 18.4 Å². The van der Waals surface area contributed by atoms with Gasteiger partial charge in [-0.25, -0.2) is 14.1 Å². The van der Waals surface area contributed by atoms with Crippen LogP contribution in [0.15, 0.2) is 34.2 Å². The lowest BCUT2D eigenvalue weighted by Crippen LogP contribution is -2.36. The van der Waals surface area contributed by atoms with Gasteiger partial charge in [0.05, 0.1) is 11.3 Å². The third kappa shape index (κ3) is 2.50. The van der Waals surface area contributed by atoms with E-state index in [1.165, 1.54) is 5.56 Å².